The highest BCUT2D eigenvalue weighted by Crippen LogP contribution is 2.38. The van der Waals surface area contributed by atoms with E-state index in [1.165, 1.54) is 5.56 Å². The van der Waals surface area contributed by atoms with Crippen molar-refractivity contribution in [3.05, 3.63) is 35.9 Å². The molecule has 130 valence electrons. The Hall–Kier alpha value is -0.683. The summed E-state index contributed by atoms with van der Waals surface area (Å²) in [4.78, 5) is 2.48. The maximum atomic E-state index is 6.53. The van der Waals surface area contributed by atoms with Gasteiger partial charge < -0.3 is 9.16 Å². The molecule has 23 heavy (non-hydrogen) atoms. The van der Waals surface area contributed by atoms with Gasteiger partial charge >= 0.3 is 0 Å². The molecular formula is C19H33NO2Si. The number of rotatable bonds is 7. The molecule has 4 heteroatoms. The van der Waals surface area contributed by atoms with Crippen LogP contribution in [0.2, 0.25) is 18.1 Å². The quantitative estimate of drug-likeness (QED) is 0.548. The zero-order valence-electron chi connectivity index (χ0n) is 15.5. The second-order valence-corrected chi connectivity index (χ2v) is 12.9. The smallest absolute Gasteiger partial charge is 0.192 e. The van der Waals surface area contributed by atoms with Crippen LogP contribution >= 0.6 is 0 Å². The molecule has 1 aliphatic heterocycles. The van der Waals surface area contributed by atoms with Crippen molar-refractivity contribution in [2.45, 2.75) is 58.0 Å². The highest BCUT2D eigenvalue weighted by molar-refractivity contribution is 6.74. The van der Waals surface area contributed by atoms with E-state index in [0.717, 1.165) is 32.7 Å². The van der Waals surface area contributed by atoms with Crippen LogP contribution in [0.15, 0.2) is 30.3 Å². The first kappa shape index (κ1) is 18.7. The number of ether oxygens (including phenoxy) is 1. The fourth-order valence-electron chi connectivity index (χ4n) is 2.65. The third kappa shape index (κ3) is 5.71. The lowest BCUT2D eigenvalue weighted by Gasteiger charge is -2.38. The summed E-state index contributed by atoms with van der Waals surface area (Å²) >= 11 is 0. The van der Waals surface area contributed by atoms with Crippen LogP contribution in [-0.4, -0.2) is 45.6 Å². The van der Waals surface area contributed by atoms with Crippen LogP contribution in [0.4, 0.5) is 0 Å². The van der Waals surface area contributed by atoms with Crippen molar-refractivity contribution in [3.8, 4) is 0 Å². The van der Waals surface area contributed by atoms with E-state index in [1.807, 2.05) is 6.07 Å². The molecule has 0 amide bonds. The monoisotopic (exact) mass is 335 g/mol. The first-order valence-corrected chi connectivity index (χ1v) is 11.7. The van der Waals surface area contributed by atoms with E-state index in [1.54, 1.807) is 0 Å². The summed E-state index contributed by atoms with van der Waals surface area (Å²) in [6, 6.07) is 10.4. The summed E-state index contributed by atoms with van der Waals surface area (Å²) in [5.74, 6) is 0. The van der Waals surface area contributed by atoms with E-state index in [9.17, 15) is 0 Å². The molecule has 1 aromatic carbocycles. The zero-order chi connectivity index (χ0) is 16.9. The van der Waals surface area contributed by atoms with Gasteiger partial charge in [-0.1, -0.05) is 51.1 Å². The molecule has 3 nitrogen and oxygen atoms in total. The van der Waals surface area contributed by atoms with E-state index in [-0.39, 0.29) is 0 Å². The Labute approximate surface area is 143 Å². The summed E-state index contributed by atoms with van der Waals surface area (Å²) in [7, 11) is -1.64. The molecule has 0 bridgehead atoms. The largest absolute Gasteiger partial charge is 0.413 e. The van der Waals surface area contributed by atoms with Gasteiger partial charge in [0.05, 0.1) is 19.3 Å². The molecule has 1 atom stereocenters. The molecule has 1 heterocycles. The van der Waals surface area contributed by atoms with Gasteiger partial charge in [0.1, 0.15) is 0 Å². The van der Waals surface area contributed by atoms with E-state index in [4.69, 9.17) is 9.16 Å². The van der Waals surface area contributed by atoms with Gasteiger partial charge in [-0.3, -0.25) is 4.90 Å². The van der Waals surface area contributed by atoms with Crippen molar-refractivity contribution in [2.75, 3.05) is 26.2 Å². The van der Waals surface area contributed by atoms with Gasteiger partial charge in [0.15, 0.2) is 8.32 Å². The molecule has 1 aliphatic rings. The molecule has 0 aromatic heterocycles. The second kappa shape index (κ2) is 7.93. The minimum absolute atomic E-state index is 0.291. The minimum Gasteiger partial charge on any atom is -0.413 e. The predicted molar refractivity (Wildman–Crippen MR) is 99.2 cm³/mol. The maximum Gasteiger partial charge on any atom is 0.192 e. The number of nitrogens with zero attached hydrogens (tertiary/aromatic N) is 1. The van der Waals surface area contributed by atoms with Crippen LogP contribution in [-0.2, 0) is 15.8 Å². The van der Waals surface area contributed by atoms with Gasteiger partial charge in [-0.25, -0.2) is 0 Å². The normalized spacial score (nSPS) is 20.1. The third-order valence-electron chi connectivity index (χ3n) is 5.16. The molecule has 0 saturated carbocycles. The van der Waals surface area contributed by atoms with Crippen LogP contribution < -0.4 is 0 Å². The minimum atomic E-state index is -1.64. The lowest BCUT2D eigenvalue weighted by molar-refractivity contribution is 0.0945. The summed E-state index contributed by atoms with van der Waals surface area (Å²) in [6.07, 6.45) is 1.57. The van der Waals surface area contributed by atoms with Crippen molar-refractivity contribution < 1.29 is 9.16 Å². The van der Waals surface area contributed by atoms with Crippen LogP contribution in [0.5, 0.6) is 0 Å². The number of benzene rings is 1. The van der Waals surface area contributed by atoms with Crippen molar-refractivity contribution >= 4 is 8.32 Å². The molecule has 0 N–H and O–H groups in total. The highest BCUT2D eigenvalue weighted by atomic mass is 28.4. The highest BCUT2D eigenvalue weighted by Gasteiger charge is 2.40. The second-order valence-electron chi connectivity index (χ2n) is 8.13. The van der Waals surface area contributed by atoms with Crippen LogP contribution in [0.1, 0.15) is 32.8 Å². The van der Waals surface area contributed by atoms with Crippen LogP contribution in [0.25, 0.3) is 0 Å². The van der Waals surface area contributed by atoms with Crippen LogP contribution in [0.3, 0.4) is 0 Å². The first-order valence-electron chi connectivity index (χ1n) is 8.80. The standard InChI is InChI=1S/C19H33NO2Si/c1-19(2,3)23(4,5)22-18-11-12-20(15-18)13-14-21-16-17-9-7-6-8-10-17/h6-10,18H,11-16H2,1-5H3/t18-/m0/s1. The fourth-order valence-corrected chi connectivity index (χ4v) is 4.03. The van der Waals surface area contributed by atoms with Crippen LogP contribution in [0, 0.1) is 0 Å². The maximum absolute atomic E-state index is 6.53. The summed E-state index contributed by atoms with van der Waals surface area (Å²) in [5.41, 5.74) is 1.24. The van der Waals surface area contributed by atoms with Crippen molar-refractivity contribution in [1.82, 2.24) is 4.90 Å². The third-order valence-corrected chi connectivity index (χ3v) is 9.69. The molecular weight excluding hydrogens is 302 g/mol. The number of hydrogen-bond donors (Lipinski definition) is 0. The van der Waals surface area contributed by atoms with Gasteiger partial charge in [0.2, 0.25) is 0 Å². The van der Waals surface area contributed by atoms with Crippen molar-refractivity contribution in [3.63, 3.8) is 0 Å². The van der Waals surface area contributed by atoms with E-state index < -0.39 is 8.32 Å². The lowest BCUT2D eigenvalue weighted by atomic mass is 10.2. The average molecular weight is 336 g/mol. The summed E-state index contributed by atoms with van der Waals surface area (Å²) in [5, 5.41) is 0.291. The lowest BCUT2D eigenvalue weighted by Crippen LogP contribution is -2.44. The summed E-state index contributed by atoms with van der Waals surface area (Å²) < 4.78 is 12.3. The molecule has 1 fully saturated rings. The Morgan fingerprint density at radius 3 is 2.52 bits per heavy atom. The predicted octanol–water partition coefficient (Wildman–Crippen LogP) is 4.30. The topological polar surface area (TPSA) is 21.7 Å². The molecule has 0 spiro atoms. The first-order chi connectivity index (χ1) is 10.8. The Kier molecular flexibility index (Phi) is 6.43. The van der Waals surface area contributed by atoms with Crippen molar-refractivity contribution in [1.29, 1.82) is 0 Å². The molecule has 2 rings (SSSR count). The Morgan fingerprint density at radius 1 is 1.17 bits per heavy atom. The Bertz CT molecular complexity index is 470. The molecule has 1 aromatic rings. The molecule has 0 unspecified atom stereocenters. The summed E-state index contributed by atoms with van der Waals surface area (Å²) in [6.45, 7) is 16.3. The fraction of sp³-hybridized carbons (Fsp3) is 0.684. The van der Waals surface area contributed by atoms with E-state index in [2.05, 4.69) is 63.0 Å². The van der Waals surface area contributed by atoms with Gasteiger partial charge in [-0.15, -0.1) is 0 Å². The van der Waals surface area contributed by atoms with Gasteiger partial charge in [-0.05, 0) is 30.1 Å². The molecule has 1 saturated heterocycles. The van der Waals surface area contributed by atoms with E-state index in [0.29, 0.717) is 17.7 Å². The number of hydrogen-bond acceptors (Lipinski definition) is 3. The molecule has 0 aliphatic carbocycles. The zero-order valence-corrected chi connectivity index (χ0v) is 16.5. The van der Waals surface area contributed by atoms with Crippen molar-refractivity contribution in [2.24, 2.45) is 0 Å². The Balaban J connectivity index is 1.66. The Morgan fingerprint density at radius 2 is 1.87 bits per heavy atom. The van der Waals surface area contributed by atoms with Gasteiger partial charge in [-0.2, -0.15) is 0 Å². The molecule has 0 radical (unpaired) electrons. The van der Waals surface area contributed by atoms with Gasteiger partial charge in [0.25, 0.3) is 0 Å². The van der Waals surface area contributed by atoms with E-state index >= 15 is 0 Å². The van der Waals surface area contributed by atoms with Gasteiger partial charge in [0, 0.05) is 19.6 Å². The SMILES string of the molecule is CC(C)(C)[Si](C)(C)O[C@H]1CCN(CCOCc2ccccc2)C1. The number of likely N-dealkylation sites (tertiary alicyclic amines) is 1. The average Bonchev–Trinajstić information content (AvgIpc) is 2.90.